The zero-order chi connectivity index (χ0) is 18.4. The number of hydrogen-bond acceptors (Lipinski definition) is 5. The molecule has 26 heavy (non-hydrogen) atoms. The molecule has 0 radical (unpaired) electrons. The summed E-state index contributed by atoms with van der Waals surface area (Å²) in [5.74, 6) is 0.604. The van der Waals surface area contributed by atoms with Crippen LogP contribution in [-0.2, 0) is 11.3 Å². The van der Waals surface area contributed by atoms with Crippen LogP contribution in [0.1, 0.15) is 46.7 Å². The average Bonchev–Trinajstić information content (AvgIpc) is 3.12. The van der Waals surface area contributed by atoms with Gasteiger partial charge in [-0.3, -0.25) is 14.6 Å². The number of aryl methyl sites for hydroxylation is 1. The maximum absolute atomic E-state index is 12.4. The first kappa shape index (κ1) is 18.5. The molecule has 0 spiro atoms. The standard InChI is InChI=1S/C19H24N4O2S/c1-14-22-17(13-26-14)19(25)23-9-6-15(7-10-23)4-5-18(24)21-12-16-3-2-8-20-11-16/h2-3,8,11,13,15H,4-7,9-10,12H2,1H3,(H,21,24). The number of aromatic nitrogens is 2. The molecule has 1 aliphatic rings. The summed E-state index contributed by atoms with van der Waals surface area (Å²) >= 11 is 1.50. The van der Waals surface area contributed by atoms with Gasteiger partial charge in [-0.15, -0.1) is 11.3 Å². The summed E-state index contributed by atoms with van der Waals surface area (Å²) in [6.45, 7) is 3.93. The van der Waals surface area contributed by atoms with Gasteiger partial charge < -0.3 is 10.2 Å². The first-order valence-corrected chi connectivity index (χ1v) is 9.87. The van der Waals surface area contributed by atoms with E-state index in [1.54, 1.807) is 12.4 Å². The monoisotopic (exact) mass is 372 g/mol. The van der Waals surface area contributed by atoms with Gasteiger partial charge in [0.05, 0.1) is 5.01 Å². The van der Waals surface area contributed by atoms with E-state index < -0.39 is 0 Å². The molecule has 138 valence electrons. The number of hydrogen-bond donors (Lipinski definition) is 1. The minimum absolute atomic E-state index is 0.0296. The predicted molar refractivity (Wildman–Crippen MR) is 101 cm³/mol. The Balaban J connectivity index is 1.36. The zero-order valence-electron chi connectivity index (χ0n) is 15.0. The van der Waals surface area contributed by atoms with Gasteiger partial charge >= 0.3 is 0 Å². The van der Waals surface area contributed by atoms with Crippen molar-refractivity contribution in [2.24, 2.45) is 5.92 Å². The summed E-state index contributed by atoms with van der Waals surface area (Å²) in [7, 11) is 0. The van der Waals surface area contributed by atoms with E-state index in [2.05, 4.69) is 15.3 Å². The molecule has 1 fully saturated rings. The SMILES string of the molecule is Cc1nc(C(=O)N2CCC(CCC(=O)NCc3cccnc3)CC2)cs1. The normalized spacial score (nSPS) is 15.0. The Kier molecular flexibility index (Phi) is 6.33. The Morgan fingerprint density at radius 3 is 2.81 bits per heavy atom. The second-order valence-corrected chi connectivity index (χ2v) is 7.73. The van der Waals surface area contributed by atoms with Crippen molar-refractivity contribution in [1.29, 1.82) is 0 Å². The quantitative estimate of drug-likeness (QED) is 0.846. The van der Waals surface area contributed by atoms with Crippen molar-refractivity contribution in [3.8, 4) is 0 Å². The minimum atomic E-state index is 0.0296. The van der Waals surface area contributed by atoms with Crippen LogP contribution in [0, 0.1) is 12.8 Å². The number of carbonyl (C=O) groups is 2. The summed E-state index contributed by atoms with van der Waals surface area (Å²) in [6, 6.07) is 3.81. The van der Waals surface area contributed by atoms with E-state index >= 15 is 0 Å². The number of rotatable bonds is 6. The third-order valence-electron chi connectivity index (χ3n) is 4.73. The second-order valence-electron chi connectivity index (χ2n) is 6.66. The highest BCUT2D eigenvalue weighted by atomic mass is 32.1. The smallest absolute Gasteiger partial charge is 0.273 e. The van der Waals surface area contributed by atoms with E-state index in [1.807, 2.05) is 29.3 Å². The van der Waals surface area contributed by atoms with Crippen LogP contribution in [0.4, 0.5) is 0 Å². The molecule has 0 aliphatic carbocycles. The molecule has 0 unspecified atom stereocenters. The highest BCUT2D eigenvalue weighted by molar-refractivity contribution is 7.09. The van der Waals surface area contributed by atoms with E-state index in [0.29, 0.717) is 24.6 Å². The highest BCUT2D eigenvalue weighted by Crippen LogP contribution is 2.23. The molecule has 0 saturated carbocycles. The summed E-state index contributed by atoms with van der Waals surface area (Å²) < 4.78 is 0. The number of nitrogens with one attached hydrogen (secondary N) is 1. The molecule has 2 aromatic rings. The maximum atomic E-state index is 12.4. The highest BCUT2D eigenvalue weighted by Gasteiger charge is 2.25. The fourth-order valence-corrected chi connectivity index (χ4v) is 3.76. The van der Waals surface area contributed by atoms with E-state index in [-0.39, 0.29) is 11.8 Å². The third-order valence-corrected chi connectivity index (χ3v) is 5.51. The lowest BCUT2D eigenvalue weighted by Crippen LogP contribution is -2.38. The molecule has 3 heterocycles. The fraction of sp³-hybridized carbons (Fsp3) is 0.474. The number of carbonyl (C=O) groups excluding carboxylic acids is 2. The molecule has 2 aromatic heterocycles. The first-order valence-electron chi connectivity index (χ1n) is 8.99. The Hall–Kier alpha value is -2.28. The molecule has 1 saturated heterocycles. The van der Waals surface area contributed by atoms with Crippen molar-refractivity contribution in [3.05, 3.63) is 46.2 Å². The van der Waals surface area contributed by atoms with Crippen LogP contribution < -0.4 is 5.32 Å². The minimum Gasteiger partial charge on any atom is -0.352 e. The van der Waals surface area contributed by atoms with Crippen LogP contribution in [0.5, 0.6) is 0 Å². The average molecular weight is 372 g/mol. The van der Waals surface area contributed by atoms with Gasteiger partial charge in [-0.1, -0.05) is 6.07 Å². The van der Waals surface area contributed by atoms with Crippen molar-refractivity contribution in [3.63, 3.8) is 0 Å². The van der Waals surface area contributed by atoms with Gasteiger partial charge in [0.2, 0.25) is 5.91 Å². The van der Waals surface area contributed by atoms with Crippen molar-refractivity contribution in [2.75, 3.05) is 13.1 Å². The lowest BCUT2D eigenvalue weighted by atomic mass is 9.92. The van der Waals surface area contributed by atoms with Gasteiger partial charge in [0.25, 0.3) is 5.91 Å². The second kappa shape index (κ2) is 8.89. The number of piperidine rings is 1. The number of amides is 2. The molecule has 1 N–H and O–H groups in total. The van der Waals surface area contributed by atoms with Gasteiger partial charge in [-0.05, 0) is 43.7 Å². The number of thiazole rings is 1. The Bertz CT molecular complexity index is 739. The van der Waals surface area contributed by atoms with Crippen molar-refractivity contribution < 1.29 is 9.59 Å². The van der Waals surface area contributed by atoms with Gasteiger partial charge in [-0.25, -0.2) is 4.98 Å². The van der Waals surface area contributed by atoms with Crippen LogP contribution in [-0.4, -0.2) is 39.8 Å². The van der Waals surface area contributed by atoms with Crippen LogP contribution >= 0.6 is 11.3 Å². The molecule has 2 amide bonds. The predicted octanol–water partition coefficient (Wildman–Crippen LogP) is 2.80. The van der Waals surface area contributed by atoms with Gasteiger partial charge in [0, 0.05) is 43.8 Å². The number of pyridine rings is 1. The van der Waals surface area contributed by atoms with Crippen LogP contribution in [0.2, 0.25) is 0 Å². The largest absolute Gasteiger partial charge is 0.352 e. The molecule has 0 atom stereocenters. The summed E-state index contributed by atoms with van der Waals surface area (Å²) in [6.07, 6.45) is 6.78. The zero-order valence-corrected chi connectivity index (χ0v) is 15.8. The van der Waals surface area contributed by atoms with E-state index in [0.717, 1.165) is 42.9 Å². The third kappa shape index (κ3) is 5.11. The Morgan fingerprint density at radius 1 is 1.35 bits per heavy atom. The topological polar surface area (TPSA) is 75.2 Å². The first-order chi connectivity index (χ1) is 12.6. The Morgan fingerprint density at radius 2 is 2.15 bits per heavy atom. The lowest BCUT2D eigenvalue weighted by Gasteiger charge is -2.31. The number of likely N-dealkylation sites (tertiary alicyclic amines) is 1. The maximum Gasteiger partial charge on any atom is 0.273 e. The molecule has 6 nitrogen and oxygen atoms in total. The summed E-state index contributed by atoms with van der Waals surface area (Å²) in [5, 5.41) is 5.69. The van der Waals surface area contributed by atoms with Gasteiger partial charge in [-0.2, -0.15) is 0 Å². The van der Waals surface area contributed by atoms with E-state index in [4.69, 9.17) is 0 Å². The van der Waals surface area contributed by atoms with Gasteiger partial charge in [0.1, 0.15) is 5.69 Å². The van der Waals surface area contributed by atoms with Crippen molar-refractivity contribution in [1.82, 2.24) is 20.2 Å². The van der Waals surface area contributed by atoms with Gasteiger partial charge in [0.15, 0.2) is 0 Å². The molecule has 0 bridgehead atoms. The van der Waals surface area contributed by atoms with Crippen LogP contribution in [0.15, 0.2) is 29.9 Å². The lowest BCUT2D eigenvalue weighted by molar-refractivity contribution is -0.121. The fourth-order valence-electron chi connectivity index (χ4n) is 3.18. The van der Waals surface area contributed by atoms with Crippen molar-refractivity contribution in [2.45, 2.75) is 39.2 Å². The molecular weight excluding hydrogens is 348 g/mol. The number of nitrogens with zero attached hydrogens (tertiary/aromatic N) is 3. The summed E-state index contributed by atoms with van der Waals surface area (Å²) in [4.78, 5) is 34.6. The molecule has 7 heteroatoms. The molecular formula is C19H24N4O2S. The van der Waals surface area contributed by atoms with Crippen LogP contribution in [0.3, 0.4) is 0 Å². The molecule has 1 aliphatic heterocycles. The Labute approximate surface area is 157 Å². The van der Waals surface area contributed by atoms with E-state index in [1.165, 1.54) is 11.3 Å². The van der Waals surface area contributed by atoms with E-state index in [9.17, 15) is 9.59 Å². The molecule has 3 rings (SSSR count). The van der Waals surface area contributed by atoms with Crippen LogP contribution in [0.25, 0.3) is 0 Å². The molecule has 0 aromatic carbocycles. The van der Waals surface area contributed by atoms with Crippen molar-refractivity contribution >= 4 is 23.2 Å². The summed E-state index contributed by atoms with van der Waals surface area (Å²) in [5.41, 5.74) is 1.56.